The molecule has 0 bridgehead atoms. The van der Waals surface area contributed by atoms with Crippen LogP contribution in [0.2, 0.25) is 10.0 Å². The van der Waals surface area contributed by atoms with E-state index in [4.69, 9.17) is 46.2 Å². The van der Waals surface area contributed by atoms with Crippen LogP contribution in [0, 0.1) is 5.92 Å². The predicted molar refractivity (Wildman–Crippen MR) is 160 cm³/mol. The molecule has 0 aliphatic heterocycles. The number of carbonyl (C=O) groups excluding carboxylic acids is 2. The average Bonchev–Trinajstić information content (AvgIpc) is 3.61. The molecule has 0 aliphatic rings. The van der Waals surface area contributed by atoms with E-state index in [0.29, 0.717) is 65.7 Å². The van der Waals surface area contributed by atoms with E-state index in [9.17, 15) is 14.7 Å². The van der Waals surface area contributed by atoms with E-state index < -0.39 is 11.9 Å². The zero-order chi connectivity index (χ0) is 30.6. The van der Waals surface area contributed by atoms with Crippen LogP contribution in [0.15, 0.2) is 69.5 Å². The van der Waals surface area contributed by atoms with Crippen molar-refractivity contribution in [3.63, 3.8) is 0 Å². The second-order valence-corrected chi connectivity index (χ2v) is 10.4. The number of hydrogen-bond acceptors (Lipinski definition) is 8. The summed E-state index contributed by atoms with van der Waals surface area (Å²) in [5.74, 6) is 1.95. The molecule has 4 aromatic rings. The van der Waals surface area contributed by atoms with Gasteiger partial charge in [-0.05, 0) is 80.4 Å². The Morgan fingerprint density at radius 2 is 1.26 bits per heavy atom. The standard InChI is InChI=1S/C18H21ClO4.C14H13ClO4/c1-4-21-18(20)17-8-6-15(23-17)10-13-9-14(19)5-7-16(13)22-11-12(2)3;1-2-18-14(17)13-6-4-11(19-13)8-9-7-10(15)3-5-12(9)16/h5-9,12H,4,10-11H2,1-3H3;3-7,16H,2,8H2,1H3. The summed E-state index contributed by atoms with van der Waals surface area (Å²) in [6, 6.07) is 16.9. The van der Waals surface area contributed by atoms with Crippen molar-refractivity contribution >= 4 is 35.1 Å². The number of rotatable bonds is 11. The van der Waals surface area contributed by atoms with Crippen LogP contribution in [0.5, 0.6) is 11.5 Å². The molecule has 0 saturated carbocycles. The highest BCUT2D eigenvalue weighted by Crippen LogP contribution is 2.27. The lowest BCUT2D eigenvalue weighted by molar-refractivity contribution is 0.0479. The zero-order valence-corrected chi connectivity index (χ0v) is 25.5. The van der Waals surface area contributed by atoms with Crippen LogP contribution >= 0.6 is 23.2 Å². The molecule has 0 radical (unpaired) electrons. The third-order valence-electron chi connectivity index (χ3n) is 5.64. The molecule has 0 atom stereocenters. The van der Waals surface area contributed by atoms with Gasteiger partial charge in [-0.2, -0.15) is 0 Å². The molecular formula is C32H34Cl2O8. The lowest BCUT2D eigenvalue weighted by atomic mass is 10.1. The Labute approximate surface area is 255 Å². The number of carbonyl (C=O) groups is 2. The van der Waals surface area contributed by atoms with E-state index in [1.165, 1.54) is 6.07 Å². The molecule has 224 valence electrons. The maximum Gasteiger partial charge on any atom is 0.374 e. The molecule has 0 aliphatic carbocycles. The van der Waals surface area contributed by atoms with Gasteiger partial charge < -0.3 is 28.2 Å². The molecule has 4 rings (SSSR count). The summed E-state index contributed by atoms with van der Waals surface area (Å²) in [7, 11) is 0. The Balaban J connectivity index is 0.000000235. The predicted octanol–water partition coefficient (Wildman–Crippen LogP) is 8.14. The van der Waals surface area contributed by atoms with E-state index in [1.54, 1.807) is 56.3 Å². The van der Waals surface area contributed by atoms with E-state index >= 15 is 0 Å². The first-order valence-electron chi connectivity index (χ1n) is 13.5. The van der Waals surface area contributed by atoms with E-state index in [2.05, 4.69) is 13.8 Å². The SMILES string of the molecule is CCOC(=O)c1ccc(Cc2cc(Cl)ccc2O)o1.CCOC(=O)c1ccc(Cc2cc(Cl)ccc2OCC(C)C)o1. The molecule has 42 heavy (non-hydrogen) atoms. The first-order valence-corrected chi connectivity index (χ1v) is 14.2. The van der Waals surface area contributed by atoms with Crippen molar-refractivity contribution in [2.45, 2.75) is 40.5 Å². The van der Waals surface area contributed by atoms with Crippen molar-refractivity contribution < 1.29 is 37.7 Å². The minimum absolute atomic E-state index is 0.137. The van der Waals surface area contributed by atoms with Crippen molar-refractivity contribution in [1.82, 2.24) is 0 Å². The molecule has 1 N–H and O–H groups in total. The molecule has 0 unspecified atom stereocenters. The smallest absolute Gasteiger partial charge is 0.374 e. The highest BCUT2D eigenvalue weighted by Gasteiger charge is 2.15. The van der Waals surface area contributed by atoms with E-state index in [1.807, 2.05) is 12.1 Å². The van der Waals surface area contributed by atoms with Gasteiger partial charge in [0.2, 0.25) is 11.5 Å². The fourth-order valence-electron chi connectivity index (χ4n) is 3.72. The Kier molecular flexibility index (Phi) is 12.4. The van der Waals surface area contributed by atoms with Crippen LogP contribution in [0.4, 0.5) is 0 Å². The summed E-state index contributed by atoms with van der Waals surface area (Å²) >= 11 is 11.9. The van der Waals surface area contributed by atoms with Crippen molar-refractivity contribution in [2.75, 3.05) is 19.8 Å². The number of ether oxygens (including phenoxy) is 3. The highest BCUT2D eigenvalue weighted by molar-refractivity contribution is 6.31. The average molecular weight is 618 g/mol. The molecule has 0 amide bonds. The lowest BCUT2D eigenvalue weighted by Gasteiger charge is -2.13. The summed E-state index contributed by atoms with van der Waals surface area (Å²) in [6.45, 7) is 8.90. The second-order valence-electron chi connectivity index (χ2n) is 9.56. The van der Waals surface area contributed by atoms with Crippen molar-refractivity contribution in [3.8, 4) is 11.5 Å². The summed E-state index contributed by atoms with van der Waals surface area (Å²) in [5.41, 5.74) is 1.56. The van der Waals surface area contributed by atoms with Gasteiger partial charge in [0.1, 0.15) is 23.0 Å². The number of hydrogen-bond donors (Lipinski definition) is 1. The third-order valence-corrected chi connectivity index (χ3v) is 6.11. The van der Waals surface area contributed by atoms with Crippen LogP contribution in [-0.4, -0.2) is 36.9 Å². The van der Waals surface area contributed by atoms with Crippen molar-refractivity contribution in [3.05, 3.63) is 105 Å². The number of esters is 2. The number of halogens is 2. The Morgan fingerprint density at radius 1 is 0.762 bits per heavy atom. The monoisotopic (exact) mass is 616 g/mol. The molecule has 2 aromatic carbocycles. The fourth-order valence-corrected chi connectivity index (χ4v) is 4.11. The fraction of sp³-hybridized carbons (Fsp3) is 0.312. The van der Waals surface area contributed by atoms with Gasteiger partial charge in [-0.15, -0.1) is 0 Å². The van der Waals surface area contributed by atoms with Crippen LogP contribution in [0.3, 0.4) is 0 Å². The molecule has 2 heterocycles. The first-order chi connectivity index (χ1) is 20.1. The molecular weight excluding hydrogens is 583 g/mol. The number of aromatic hydroxyl groups is 1. The largest absolute Gasteiger partial charge is 0.508 e. The summed E-state index contributed by atoms with van der Waals surface area (Å²) < 4.78 is 26.5. The maximum atomic E-state index is 11.6. The molecule has 0 spiro atoms. The first kappa shape index (κ1) is 32.6. The number of benzene rings is 2. The molecule has 0 saturated heterocycles. The van der Waals surface area contributed by atoms with Gasteiger partial charge in [0.15, 0.2) is 0 Å². The van der Waals surface area contributed by atoms with Crippen molar-refractivity contribution in [2.24, 2.45) is 5.92 Å². The molecule has 8 nitrogen and oxygen atoms in total. The minimum Gasteiger partial charge on any atom is -0.508 e. The maximum absolute atomic E-state index is 11.6. The lowest BCUT2D eigenvalue weighted by Crippen LogP contribution is -2.06. The summed E-state index contributed by atoms with van der Waals surface area (Å²) in [5, 5.41) is 10.9. The Morgan fingerprint density at radius 3 is 1.79 bits per heavy atom. The van der Waals surface area contributed by atoms with Crippen LogP contribution in [0.25, 0.3) is 0 Å². The topological polar surface area (TPSA) is 108 Å². The van der Waals surface area contributed by atoms with Gasteiger partial charge >= 0.3 is 11.9 Å². The molecule has 2 aromatic heterocycles. The molecule has 0 fully saturated rings. The zero-order valence-electron chi connectivity index (χ0n) is 23.9. The number of phenolic OH excluding ortho intramolecular Hbond substituents is 1. The number of phenols is 1. The van der Waals surface area contributed by atoms with Crippen molar-refractivity contribution in [1.29, 1.82) is 0 Å². The molecule has 10 heteroatoms. The number of furan rings is 2. The highest BCUT2D eigenvalue weighted by atomic mass is 35.5. The van der Waals surface area contributed by atoms with Gasteiger partial charge in [0, 0.05) is 34.0 Å². The Hall–Kier alpha value is -3.88. The van der Waals surface area contributed by atoms with Gasteiger partial charge in [-0.25, -0.2) is 9.59 Å². The summed E-state index contributed by atoms with van der Waals surface area (Å²) in [6.07, 6.45) is 0.846. The summed E-state index contributed by atoms with van der Waals surface area (Å²) in [4.78, 5) is 23.1. The second kappa shape index (κ2) is 15.9. The van der Waals surface area contributed by atoms with Crippen LogP contribution in [-0.2, 0) is 22.3 Å². The van der Waals surface area contributed by atoms with E-state index in [-0.39, 0.29) is 17.3 Å². The van der Waals surface area contributed by atoms with Gasteiger partial charge in [0.05, 0.1) is 19.8 Å². The van der Waals surface area contributed by atoms with Gasteiger partial charge in [0.25, 0.3) is 0 Å². The Bertz CT molecular complexity index is 1470. The van der Waals surface area contributed by atoms with Crippen LogP contribution < -0.4 is 4.74 Å². The van der Waals surface area contributed by atoms with Crippen LogP contribution in [0.1, 0.15) is 71.5 Å². The van der Waals surface area contributed by atoms with Gasteiger partial charge in [-0.3, -0.25) is 0 Å². The normalized spacial score (nSPS) is 10.6. The quantitative estimate of drug-likeness (QED) is 0.168. The minimum atomic E-state index is -0.496. The third kappa shape index (κ3) is 9.89. The van der Waals surface area contributed by atoms with Gasteiger partial charge in [-0.1, -0.05) is 37.0 Å². The van der Waals surface area contributed by atoms with E-state index in [0.717, 1.165) is 11.3 Å².